The Labute approximate surface area is 169 Å². The van der Waals surface area contributed by atoms with Crippen molar-refractivity contribution in [1.82, 2.24) is 0 Å². The molecule has 7 heteroatoms. The van der Waals surface area contributed by atoms with E-state index >= 15 is 0 Å². The van der Waals surface area contributed by atoms with Crippen molar-refractivity contribution in [1.29, 1.82) is 0 Å². The minimum absolute atomic E-state index is 0.153. The lowest BCUT2D eigenvalue weighted by Crippen LogP contribution is -2.31. The van der Waals surface area contributed by atoms with Crippen molar-refractivity contribution >= 4 is 17.6 Å². The van der Waals surface area contributed by atoms with Crippen molar-refractivity contribution in [2.75, 3.05) is 18.7 Å². The van der Waals surface area contributed by atoms with Gasteiger partial charge in [0.25, 0.3) is 5.91 Å². The Bertz CT molecular complexity index is 908. The van der Waals surface area contributed by atoms with Gasteiger partial charge in [-0.2, -0.15) is 0 Å². The van der Waals surface area contributed by atoms with Crippen LogP contribution in [0.3, 0.4) is 0 Å². The van der Waals surface area contributed by atoms with Crippen molar-refractivity contribution in [3.05, 3.63) is 47.5 Å². The van der Waals surface area contributed by atoms with Crippen LogP contribution in [0.4, 0.5) is 5.69 Å². The number of rotatable bonds is 7. The van der Waals surface area contributed by atoms with Gasteiger partial charge in [0.15, 0.2) is 24.2 Å². The first-order valence-electron chi connectivity index (χ1n) is 9.47. The van der Waals surface area contributed by atoms with E-state index in [-0.39, 0.29) is 19.3 Å². The van der Waals surface area contributed by atoms with E-state index in [9.17, 15) is 9.59 Å². The molecule has 0 aromatic heterocycles. The van der Waals surface area contributed by atoms with E-state index in [1.54, 1.807) is 18.2 Å². The van der Waals surface area contributed by atoms with Crippen LogP contribution >= 0.6 is 0 Å². The molecule has 1 heterocycles. The van der Waals surface area contributed by atoms with Crippen molar-refractivity contribution in [3.8, 4) is 17.2 Å². The molecular weight excluding hydrogens is 374 g/mol. The van der Waals surface area contributed by atoms with E-state index in [2.05, 4.69) is 19.2 Å². The molecule has 0 bridgehead atoms. The third-order valence-electron chi connectivity index (χ3n) is 4.45. The first-order chi connectivity index (χ1) is 13.8. The molecule has 0 aliphatic carbocycles. The van der Waals surface area contributed by atoms with E-state index in [1.807, 2.05) is 25.1 Å². The number of nitrogens with one attached hydrogen (secondary N) is 1. The lowest BCUT2D eigenvalue weighted by molar-refractivity contribution is -0.155. The Kier molecular flexibility index (Phi) is 6.26. The topological polar surface area (TPSA) is 83.1 Å². The number of hydrogen-bond acceptors (Lipinski definition) is 6. The van der Waals surface area contributed by atoms with E-state index in [0.717, 1.165) is 11.1 Å². The Balaban J connectivity index is 1.52. The number of esters is 1. The van der Waals surface area contributed by atoms with Crippen molar-refractivity contribution in [2.24, 2.45) is 0 Å². The molecule has 2 aromatic rings. The molecule has 0 saturated heterocycles. The predicted octanol–water partition coefficient (Wildman–Crippen LogP) is 3.80. The molecule has 7 nitrogen and oxygen atoms in total. The Morgan fingerprint density at radius 1 is 1.07 bits per heavy atom. The molecule has 1 atom stereocenters. The molecule has 1 aliphatic heterocycles. The molecule has 0 radical (unpaired) electrons. The van der Waals surface area contributed by atoms with Gasteiger partial charge in [-0.3, -0.25) is 4.79 Å². The van der Waals surface area contributed by atoms with Crippen molar-refractivity contribution in [3.63, 3.8) is 0 Å². The average Bonchev–Trinajstić information content (AvgIpc) is 3.14. The number of carbonyl (C=O) groups is 2. The minimum atomic E-state index is -0.974. The fourth-order valence-electron chi connectivity index (χ4n) is 2.88. The van der Waals surface area contributed by atoms with Crippen LogP contribution in [0.25, 0.3) is 0 Å². The Hall–Kier alpha value is -3.22. The highest BCUT2D eigenvalue weighted by Gasteiger charge is 2.20. The number of amides is 1. The maximum Gasteiger partial charge on any atom is 0.344 e. The molecule has 0 saturated carbocycles. The van der Waals surface area contributed by atoms with E-state index in [0.29, 0.717) is 22.9 Å². The van der Waals surface area contributed by atoms with Gasteiger partial charge < -0.3 is 24.3 Å². The highest BCUT2D eigenvalue weighted by Crippen LogP contribution is 2.34. The molecule has 1 aliphatic rings. The van der Waals surface area contributed by atoms with Crippen LogP contribution in [-0.4, -0.2) is 31.4 Å². The number of benzene rings is 2. The van der Waals surface area contributed by atoms with Gasteiger partial charge in [-0.05, 0) is 49.1 Å². The fourth-order valence-corrected chi connectivity index (χ4v) is 2.88. The van der Waals surface area contributed by atoms with Gasteiger partial charge in [-0.15, -0.1) is 0 Å². The summed E-state index contributed by atoms with van der Waals surface area (Å²) in [5.41, 5.74) is 2.57. The summed E-state index contributed by atoms with van der Waals surface area (Å²) in [4.78, 5) is 24.4. The Morgan fingerprint density at radius 2 is 1.83 bits per heavy atom. The molecule has 0 unspecified atom stereocenters. The third-order valence-corrected chi connectivity index (χ3v) is 4.45. The number of anilines is 1. The van der Waals surface area contributed by atoms with Gasteiger partial charge in [0.1, 0.15) is 5.75 Å². The normalized spacial score (nSPS) is 13.1. The summed E-state index contributed by atoms with van der Waals surface area (Å²) in [6.45, 7) is 7.45. The first kappa shape index (κ1) is 20.5. The molecule has 29 heavy (non-hydrogen) atoms. The number of fused-ring (bicyclic) bond motifs is 1. The monoisotopic (exact) mass is 399 g/mol. The summed E-state index contributed by atoms with van der Waals surface area (Å²) in [5, 5.41) is 2.69. The van der Waals surface area contributed by atoms with Crippen LogP contribution < -0.4 is 19.5 Å². The van der Waals surface area contributed by atoms with Gasteiger partial charge >= 0.3 is 5.97 Å². The summed E-state index contributed by atoms with van der Waals surface area (Å²) in [5.74, 6) is 1.02. The van der Waals surface area contributed by atoms with Crippen LogP contribution in [0.2, 0.25) is 0 Å². The van der Waals surface area contributed by atoms with Crippen molar-refractivity contribution in [2.45, 2.75) is 39.7 Å². The largest absolute Gasteiger partial charge is 0.482 e. The van der Waals surface area contributed by atoms with Crippen LogP contribution in [0.15, 0.2) is 36.4 Å². The summed E-state index contributed by atoms with van der Waals surface area (Å²) in [7, 11) is 0. The molecule has 1 amide bonds. The molecular formula is C22H25NO6. The second-order valence-corrected chi connectivity index (χ2v) is 7.17. The highest BCUT2D eigenvalue weighted by molar-refractivity contribution is 5.95. The van der Waals surface area contributed by atoms with Crippen LogP contribution in [-0.2, 0) is 14.3 Å². The zero-order valence-corrected chi connectivity index (χ0v) is 17.0. The van der Waals surface area contributed by atoms with Gasteiger partial charge in [0, 0.05) is 11.8 Å². The SMILES string of the molecule is Cc1ccc(C(C)C)c(OCC(=O)O[C@@H](C)C(=O)Nc2ccc3c(c2)OCO3)c1. The zero-order valence-electron chi connectivity index (χ0n) is 17.0. The standard InChI is InChI=1S/C22H25NO6/c1-13(2)17-7-5-14(3)9-19(17)26-11-21(24)29-15(4)22(25)23-16-6-8-18-20(10-16)28-12-27-18/h5-10,13,15H,11-12H2,1-4H3,(H,23,25)/t15-/m0/s1. The summed E-state index contributed by atoms with van der Waals surface area (Å²) < 4.78 is 21.4. The number of aryl methyl sites for hydroxylation is 1. The number of ether oxygens (including phenoxy) is 4. The van der Waals surface area contributed by atoms with Crippen LogP contribution in [0.1, 0.15) is 37.8 Å². The van der Waals surface area contributed by atoms with E-state index in [1.165, 1.54) is 6.92 Å². The average molecular weight is 399 g/mol. The molecule has 2 aromatic carbocycles. The van der Waals surface area contributed by atoms with Gasteiger partial charge in [0.05, 0.1) is 0 Å². The summed E-state index contributed by atoms with van der Waals surface area (Å²) >= 11 is 0. The zero-order chi connectivity index (χ0) is 21.0. The molecule has 0 spiro atoms. The molecule has 0 fully saturated rings. The van der Waals surface area contributed by atoms with E-state index < -0.39 is 18.0 Å². The highest BCUT2D eigenvalue weighted by atomic mass is 16.7. The Morgan fingerprint density at radius 3 is 2.59 bits per heavy atom. The summed E-state index contributed by atoms with van der Waals surface area (Å²) in [6, 6.07) is 10.9. The van der Waals surface area contributed by atoms with Gasteiger partial charge in [-0.1, -0.05) is 26.0 Å². The number of carbonyl (C=O) groups excluding carboxylic acids is 2. The fraction of sp³-hybridized carbons (Fsp3) is 0.364. The first-order valence-corrected chi connectivity index (χ1v) is 9.47. The van der Waals surface area contributed by atoms with Crippen LogP contribution in [0, 0.1) is 6.92 Å². The lowest BCUT2D eigenvalue weighted by atomic mass is 10.0. The quantitative estimate of drug-likeness (QED) is 0.713. The van der Waals surface area contributed by atoms with Crippen LogP contribution in [0.5, 0.6) is 17.2 Å². The maximum absolute atomic E-state index is 12.3. The molecule has 3 rings (SSSR count). The van der Waals surface area contributed by atoms with E-state index in [4.69, 9.17) is 18.9 Å². The summed E-state index contributed by atoms with van der Waals surface area (Å²) in [6.07, 6.45) is -0.974. The molecule has 1 N–H and O–H groups in total. The second kappa shape index (κ2) is 8.86. The van der Waals surface area contributed by atoms with Gasteiger partial charge in [-0.25, -0.2) is 4.79 Å². The number of hydrogen-bond donors (Lipinski definition) is 1. The minimum Gasteiger partial charge on any atom is -0.482 e. The molecule has 154 valence electrons. The predicted molar refractivity (Wildman–Crippen MR) is 108 cm³/mol. The maximum atomic E-state index is 12.3. The van der Waals surface area contributed by atoms with Crippen molar-refractivity contribution < 1.29 is 28.5 Å². The lowest BCUT2D eigenvalue weighted by Gasteiger charge is -2.16. The smallest absolute Gasteiger partial charge is 0.344 e. The van der Waals surface area contributed by atoms with Gasteiger partial charge in [0.2, 0.25) is 6.79 Å². The third kappa shape index (κ3) is 5.19. The second-order valence-electron chi connectivity index (χ2n) is 7.17.